The summed E-state index contributed by atoms with van der Waals surface area (Å²) in [5, 5.41) is 3.41. The zero-order valence-electron chi connectivity index (χ0n) is 13.8. The fourth-order valence-electron chi connectivity index (χ4n) is 1.96. The van der Waals surface area contributed by atoms with Gasteiger partial charge in [0.25, 0.3) is 0 Å². The zero-order chi connectivity index (χ0) is 15.0. The molecule has 0 aliphatic heterocycles. The van der Waals surface area contributed by atoms with Crippen LogP contribution in [0.5, 0.6) is 5.75 Å². The Kier molecular flexibility index (Phi) is 7.08. The first-order valence-corrected chi connectivity index (χ1v) is 7.89. The Morgan fingerprint density at radius 1 is 1.10 bits per heavy atom. The third-order valence-corrected chi connectivity index (χ3v) is 3.97. The highest BCUT2D eigenvalue weighted by Gasteiger charge is 2.17. The van der Waals surface area contributed by atoms with E-state index in [4.69, 9.17) is 4.74 Å². The summed E-state index contributed by atoms with van der Waals surface area (Å²) in [7, 11) is 0. The van der Waals surface area contributed by atoms with Gasteiger partial charge in [-0.3, -0.25) is 0 Å². The predicted octanol–water partition coefficient (Wildman–Crippen LogP) is 4.39. The molecule has 2 heteroatoms. The number of rotatable bonds is 9. The van der Waals surface area contributed by atoms with Crippen molar-refractivity contribution in [1.82, 2.24) is 5.32 Å². The third-order valence-electron chi connectivity index (χ3n) is 3.97. The fraction of sp³-hybridized carbons (Fsp3) is 0.667. The Hall–Kier alpha value is -1.02. The summed E-state index contributed by atoms with van der Waals surface area (Å²) in [5.41, 5.74) is 1.62. The topological polar surface area (TPSA) is 21.3 Å². The van der Waals surface area contributed by atoms with Crippen molar-refractivity contribution in [3.8, 4) is 5.75 Å². The van der Waals surface area contributed by atoms with E-state index in [-0.39, 0.29) is 5.41 Å². The van der Waals surface area contributed by atoms with Gasteiger partial charge in [-0.2, -0.15) is 0 Å². The van der Waals surface area contributed by atoms with Crippen molar-refractivity contribution in [2.75, 3.05) is 19.7 Å². The van der Waals surface area contributed by atoms with Crippen LogP contribution in [-0.4, -0.2) is 19.7 Å². The molecular formula is C18H31NO. The molecular weight excluding hydrogens is 246 g/mol. The fourth-order valence-corrected chi connectivity index (χ4v) is 1.96. The van der Waals surface area contributed by atoms with E-state index < -0.39 is 0 Å². The van der Waals surface area contributed by atoms with Crippen molar-refractivity contribution in [3.05, 3.63) is 29.8 Å². The normalized spacial score (nSPS) is 11.9. The molecule has 0 spiro atoms. The minimum Gasteiger partial charge on any atom is -0.492 e. The van der Waals surface area contributed by atoms with E-state index in [1.165, 1.54) is 12.0 Å². The van der Waals surface area contributed by atoms with Gasteiger partial charge in [0.15, 0.2) is 0 Å². The predicted molar refractivity (Wildman–Crippen MR) is 87.6 cm³/mol. The summed E-state index contributed by atoms with van der Waals surface area (Å²) in [6.07, 6.45) is 2.37. The van der Waals surface area contributed by atoms with Crippen molar-refractivity contribution in [1.29, 1.82) is 0 Å². The van der Waals surface area contributed by atoms with Crippen molar-refractivity contribution in [2.24, 2.45) is 5.92 Å². The van der Waals surface area contributed by atoms with Crippen molar-refractivity contribution >= 4 is 0 Å². The first-order chi connectivity index (χ1) is 9.45. The zero-order valence-corrected chi connectivity index (χ0v) is 13.8. The first kappa shape index (κ1) is 17.0. The lowest BCUT2D eigenvalue weighted by atomic mass is 9.82. The van der Waals surface area contributed by atoms with E-state index in [1.54, 1.807) is 0 Å². The van der Waals surface area contributed by atoms with E-state index >= 15 is 0 Å². The molecule has 0 unspecified atom stereocenters. The smallest absolute Gasteiger partial charge is 0.119 e. The van der Waals surface area contributed by atoms with Crippen LogP contribution in [-0.2, 0) is 5.41 Å². The van der Waals surface area contributed by atoms with Gasteiger partial charge in [0.1, 0.15) is 12.4 Å². The summed E-state index contributed by atoms with van der Waals surface area (Å²) in [6, 6.07) is 8.54. The second-order valence-corrected chi connectivity index (χ2v) is 6.54. The monoisotopic (exact) mass is 277 g/mol. The largest absolute Gasteiger partial charge is 0.492 e. The Morgan fingerprint density at radius 2 is 1.75 bits per heavy atom. The van der Waals surface area contributed by atoms with Gasteiger partial charge in [-0.25, -0.2) is 0 Å². The molecule has 20 heavy (non-hydrogen) atoms. The van der Waals surface area contributed by atoms with Gasteiger partial charge in [0, 0.05) is 6.54 Å². The van der Waals surface area contributed by atoms with Gasteiger partial charge in [0.2, 0.25) is 0 Å². The van der Waals surface area contributed by atoms with E-state index in [2.05, 4.69) is 64.2 Å². The van der Waals surface area contributed by atoms with Gasteiger partial charge >= 0.3 is 0 Å². The average molecular weight is 277 g/mol. The highest BCUT2D eigenvalue weighted by molar-refractivity contribution is 5.31. The van der Waals surface area contributed by atoms with Crippen molar-refractivity contribution in [3.63, 3.8) is 0 Å². The summed E-state index contributed by atoms with van der Waals surface area (Å²) in [5.74, 6) is 1.73. The van der Waals surface area contributed by atoms with Crippen molar-refractivity contribution < 1.29 is 4.74 Å². The van der Waals surface area contributed by atoms with E-state index in [1.807, 2.05) is 0 Å². The minimum atomic E-state index is 0.247. The molecule has 1 aromatic carbocycles. The first-order valence-electron chi connectivity index (χ1n) is 7.89. The Balaban J connectivity index is 2.28. The van der Waals surface area contributed by atoms with Crippen LogP contribution in [0.1, 0.15) is 53.0 Å². The van der Waals surface area contributed by atoms with Crippen LogP contribution < -0.4 is 10.1 Å². The lowest BCUT2D eigenvalue weighted by molar-refractivity contribution is 0.312. The molecule has 114 valence electrons. The molecule has 1 aromatic rings. The Bertz CT molecular complexity index is 368. The van der Waals surface area contributed by atoms with Gasteiger partial charge < -0.3 is 10.1 Å². The maximum atomic E-state index is 5.75. The van der Waals surface area contributed by atoms with Crippen LogP contribution in [0.2, 0.25) is 0 Å². The summed E-state index contributed by atoms with van der Waals surface area (Å²) in [4.78, 5) is 0. The molecule has 0 heterocycles. The molecule has 0 bridgehead atoms. The van der Waals surface area contributed by atoms with E-state index in [0.717, 1.165) is 37.8 Å². The third kappa shape index (κ3) is 5.96. The molecule has 0 aromatic heterocycles. The molecule has 0 saturated heterocycles. The SMILES string of the molecule is CCC(C)(C)c1ccc(OCCNCCC(C)C)cc1. The highest BCUT2D eigenvalue weighted by Crippen LogP contribution is 2.27. The Labute approximate surface area is 124 Å². The lowest BCUT2D eigenvalue weighted by Gasteiger charge is -2.23. The molecule has 1 N–H and O–H groups in total. The van der Waals surface area contributed by atoms with E-state index in [0.29, 0.717) is 0 Å². The second kappa shape index (κ2) is 8.31. The van der Waals surface area contributed by atoms with Gasteiger partial charge in [-0.1, -0.05) is 46.8 Å². The second-order valence-electron chi connectivity index (χ2n) is 6.54. The van der Waals surface area contributed by atoms with Crippen LogP contribution >= 0.6 is 0 Å². The summed E-state index contributed by atoms with van der Waals surface area (Å²) < 4.78 is 5.75. The number of benzene rings is 1. The molecule has 0 aliphatic rings. The molecule has 0 radical (unpaired) electrons. The maximum absolute atomic E-state index is 5.75. The molecule has 1 rings (SSSR count). The van der Waals surface area contributed by atoms with Crippen LogP contribution in [0.25, 0.3) is 0 Å². The van der Waals surface area contributed by atoms with Crippen LogP contribution in [0, 0.1) is 5.92 Å². The van der Waals surface area contributed by atoms with Crippen LogP contribution in [0.3, 0.4) is 0 Å². The van der Waals surface area contributed by atoms with Gasteiger partial charge in [-0.05, 0) is 48.4 Å². The number of hydrogen-bond donors (Lipinski definition) is 1. The molecule has 0 saturated carbocycles. The molecule has 0 amide bonds. The minimum absolute atomic E-state index is 0.247. The highest BCUT2D eigenvalue weighted by atomic mass is 16.5. The van der Waals surface area contributed by atoms with Gasteiger partial charge in [-0.15, -0.1) is 0 Å². The van der Waals surface area contributed by atoms with Crippen LogP contribution in [0.4, 0.5) is 0 Å². The average Bonchev–Trinajstić information content (AvgIpc) is 2.43. The Morgan fingerprint density at radius 3 is 2.30 bits per heavy atom. The molecule has 2 nitrogen and oxygen atoms in total. The number of hydrogen-bond acceptors (Lipinski definition) is 2. The summed E-state index contributed by atoms with van der Waals surface area (Å²) >= 11 is 0. The standard InChI is InChI=1S/C18H31NO/c1-6-18(4,5)16-7-9-17(10-8-16)20-14-13-19-12-11-15(2)3/h7-10,15,19H,6,11-14H2,1-5H3. The number of nitrogens with one attached hydrogen (secondary N) is 1. The molecule has 0 atom stereocenters. The lowest BCUT2D eigenvalue weighted by Crippen LogP contribution is -2.23. The van der Waals surface area contributed by atoms with Crippen molar-refractivity contribution in [2.45, 2.75) is 52.9 Å². The maximum Gasteiger partial charge on any atom is 0.119 e. The molecule has 0 aliphatic carbocycles. The number of ether oxygens (including phenoxy) is 1. The van der Waals surface area contributed by atoms with E-state index in [9.17, 15) is 0 Å². The molecule has 0 fully saturated rings. The van der Waals surface area contributed by atoms with Gasteiger partial charge in [0.05, 0.1) is 0 Å². The quantitative estimate of drug-likeness (QED) is 0.676. The van der Waals surface area contributed by atoms with Crippen LogP contribution in [0.15, 0.2) is 24.3 Å². The summed E-state index contributed by atoms with van der Waals surface area (Å²) in [6.45, 7) is 14.0.